The zero-order valence-electron chi connectivity index (χ0n) is 7.35. The second kappa shape index (κ2) is 2.74. The van der Waals surface area contributed by atoms with E-state index in [-0.39, 0.29) is 0 Å². The number of phenolic OH excluding ortho intramolecular Hbond substituents is 1. The summed E-state index contributed by atoms with van der Waals surface area (Å²) in [6.45, 7) is 4.09. The molecule has 0 atom stereocenters. The molecule has 0 aliphatic heterocycles. The standard InChI is InChI=1S/C9H12O/c1-3-8-4-7(2)5-9(10)6-8/h4-6,10H,3H2,1-2H3/i/hD. The molecule has 0 saturated heterocycles. The number of aryl methyl sites for hydroxylation is 2. The number of aromatic hydroxyl groups is 1. The van der Waals surface area contributed by atoms with Crippen LogP contribution in [-0.4, -0.2) is 6.54 Å². The summed E-state index contributed by atoms with van der Waals surface area (Å²) in [5, 5.41) is 4.39. The molecule has 0 amide bonds. The predicted octanol–water partition coefficient (Wildman–Crippen LogP) is 2.26. The monoisotopic (exact) mass is 137 g/mol. The molecular formula is C9H12O. The van der Waals surface area contributed by atoms with Gasteiger partial charge in [0.1, 0.15) is 5.75 Å². The van der Waals surface area contributed by atoms with Crippen LogP contribution in [0.1, 0.15) is 18.1 Å². The molecular weight excluding hydrogens is 124 g/mol. The Balaban J connectivity index is 3.02. The van der Waals surface area contributed by atoms with Gasteiger partial charge in [-0.25, -0.2) is 0 Å². The maximum absolute atomic E-state index is 6.71. The van der Waals surface area contributed by atoms with Crippen molar-refractivity contribution in [2.24, 2.45) is 0 Å². The zero-order chi connectivity index (χ0) is 8.27. The molecule has 0 radical (unpaired) electrons. The van der Waals surface area contributed by atoms with E-state index in [9.17, 15) is 0 Å². The first-order valence-corrected chi connectivity index (χ1v) is 3.50. The number of hydrogen-bond acceptors (Lipinski definition) is 1. The van der Waals surface area contributed by atoms with Crippen molar-refractivity contribution in [1.82, 2.24) is 0 Å². The topological polar surface area (TPSA) is 20.2 Å². The molecule has 1 aromatic carbocycles. The highest BCUT2D eigenvalue weighted by Gasteiger charge is 1.93. The molecule has 0 heterocycles. The van der Waals surface area contributed by atoms with Crippen molar-refractivity contribution in [3.8, 4) is 5.75 Å². The largest absolute Gasteiger partial charge is 0.508 e. The summed E-state index contributed by atoms with van der Waals surface area (Å²) in [5.74, 6) is 0.627. The van der Waals surface area contributed by atoms with Gasteiger partial charge in [-0.3, -0.25) is 0 Å². The smallest absolute Gasteiger partial charge is 0.293 e. The highest BCUT2D eigenvalue weighted by Crippen LogP contribution is 2.14. The SMILES string of the molecule is [2H]Oc1cc(C)cc(CC)c1. The van der Waals surface area contributed by atoms with E-state index in [4.69, 9.17) is 1.43 Å². The summed E-state index contributed by atoms with van der Waals surface area (Å²) in [7, 11) is 0. The first kappa shape index (κ1) is 5.78. The minimum Gasteiger partial charge on any atom is -0.508 e. The number of hydrogen-bond donors (Lipinski definition) is 1. The van der Waals surface area contributed by atoms with Gasteiger partial charge in [0.15, 0.2) is 0 Å². The Bertz CT molecular complexity index is 223. The van der Waals surface area contributed by atoms with Crippen molar-refractivity contribution in [2.45, 2.75) is 20.3 Å². The van der Waals surface area contributed by atoms with Crippen LogP contribution in [0, 0.1) is 6.92 Å². The minimum absolute atomic E-state index is 0.627. The van der Waals surface area contributed by atoms with Gasteiger partial charge in [0.05, 0.1) is 0 Å². The first-order valence-electron chi connectivity index (χ1n) is 3.91. The molecule has 0 saturated carbocycles. The average molecular weight is 137 g/mol. The third-order valence-electron chi connectivity index (χ3n) is 1.52. The van der Waals surface area contributed by atoms with Crippen LogP contribution in [0.5, 0.6) is 5.75 Å². The molecule has 1 rings (SSSR count). The van der Waals surface area contributed by atoms with Crippen LogP contribution in [0.4, 0.5) is 0 Å². The summed E-state index contributed by atoms with van der Waals surface area (Å²) in [5.41, 5.74) is 2.36. The molecule has 10 heavy (non-hydrogen) atoms. The lowest BCUT2D eigenvalue weighted by Crippen LogP contribution is -1.80. The molecule has 0 spiro atoms. The number of phenols is 1. The molecule has 1 N–H and O–H groups in total. The van der Waals surface area contributed by atoms with Crippen LogP contribution in [0.25, 0.3) is 0 Å². The summed E-state index contributed by atoms with van der Waals surface area (Å²) in [4.78, 5) is 0. The first-order chi connectivity index (χ1) is 5.26. The van der Waals surface area contributed by atoms with E-state index in [2.05, 4.69) is 18.1 Å². The maximum Gasteiger partial charge on any atom is 0.293 e. The maximum atomic E-state index is 6.71. The van der Waals surface area contributed by atoms with Crippen molar-refractivity contribution >= 4 is 0 Å². The van der Waals surface area contributed by atoms with Gasteiger partial charge in [-0.15, -0.1) is 0 Å². The van der Waals surface area contributed by atoms with Crippen LogP contribution < -0.4 is 0 Å². The molecule has 0 unspecified atom stereocenters. The van der Waals surface area contributed by atoms with Gasteiger partial charge >= 0.3 is 0 Å². The Kier molecular flexibility index (Phi) is 1.58. The van der Waals surface area contributed by atoms with E-state index in [0.717, 1.165) is 12.0 Å². The average Bonchev–Trinajstić information content (AvgIpc) is 2.03. The molecule has 1 nitrogen and oxygen atoms in total. The van der Waals surface area contributed by atoms with Gasteiger partial charge in [0, 0.05) is 0 Å². The lowest BCUT2D eigenvalue weighted by atomic mass is 10.1. The Labute approximate surface area is 62.8 Å². The van der Waals surface area contributed by atoms with E-state index in [1.165, 1.54) is 5.56 Å². The molecule has 54 valence electrons. The van der Waals surface area contributed by atoms with Gasteiger partial charge < -0.3 is 5.11 Å². The van der Waals surface area contributed by atoms with E-state index >= 15 is 0 Å². The van der Waals surface area contributed by atoms with Crippen LogP contribution in [0.2, 0.25) is 0 Å². The van der Waals surface area contributed by atoms with Crippen LogP contribution >= 0.6 is 0 Å². The number of rotatable bonds is 2. The lowest BCUT2D eigenvalue weighted by Gasteiger charge is -1.99. The predicted molar refractivity (Wildman–Crippen MR) is 42.2 cm³/mol. The van der Waals surface area contributed by atoms with Crippen LogP contribution in [0.15, 0.2) is 18.2 Å². The molecule has 0 aliphatic rings. The highest BCUT2D eigenvalue weighted by molar-refractivity contribution is 5.32. The minimum atomic E-state index is 0.627. The Morgan fingerprint density at radius 1 is 1.50 bits per heavy atom. The Morgan fingerprint density at radius 3 is 2.90 bits per heavy atom. The highest BCUT2D eigenvalue weighted by atomic mass is 16.3. The van der Waals surface area contributed by atoms with Gasteiger partial charge in [0.2, 0.25) is 0 Å². The molecule has 0 aromatic heterocycles. The third-order valence-corrected chi connectivity index (χ3v) is 1.52. The summed E-state index contributed by atoms with van der Waals surface area (Å²) >= 11 is 0. The Morgan fingerprint density at radius 2 is 2.30 bits per heavy atom. The van der Waals surface area contributed by atoms with Gasteiger partial charge in [-0.2, -0.15) is 0 Å². The second-order valence-electron chi connectivity index (χ2n) is 2.51. The van der Waals surface area contributed by atoms with Crippen LogP contribution in [0.3, 0.4) is 0 Å². The van der Waals surface area contributed by atoms with Gasteiger partial charge in [-0.1, -0.05) is 13.0 Å². The van der Waals surface area contributed by atoms with E-state index in [1.54, 1.807) is 0 Å². The second-order valence-corrected chi connectivity index (χ2v) is 2.51. The molecule has 1 aromatic rings. The molecule has 0 bridgehead atoms. The van der Waals surface area contributed by atoms with Crippen molar-refractivity contribution in [3.63, 3.8) is 0 Å². The van der Waals surface area contributed by atoms with Crippen molar-refractivity contribution in [1.29, 1.82) is 1.43 Å². The molecule has 0 aliphatic carbocycles. The fourth-order valence-electron chi connectivity index (χ4n) is 1.03. The van der Waals surface area contributed by atoms with Crippen molar-refractivity contribution in [2.75, 3.05) is 0 Å². The normalized spacial score (nSPS) is 10.8. The third kappa shape index (κ3) is 1.50. The molecule has 1 heteroatoms. The summed E-state index contributed by atoms with van der Waals surface area (Å²) < 4.78 is 6.71. The quantitative estimate of drug-likeness (QED) is 0.663. The van der Waals surface area contributed by atoms with E-state index in [1.807, 2.05) is 19.1 Å². The Hall–Kier alpha value is -0.980. The fourth-order valence-corrected chi connectivity index (χ4v) is 1.03. The van der Waals surface area contributed by atoms with Gasteiger partial charge in [-0.05, 0) is 36.6 Å². The van der Waals surface area contributed by atoms with Crippen molar-refractivity contribution in [3.05, 3.63) is 29.3 Å². The summed E-state index contributed by atoms with van der Waals surface area (Å²) in [6, 6.07) is 5.84. The summed E-state index contributed by atoms with van der Waals surface area (Å²) in [6.07, 6.45) is 0.984. The van der Waals surface area contributed by atoms with Gasteiger partial charge in [0.25, 0.3) is 1.43 Å². The van der Waals surface area contributed by atoms with E-state index < -0.39 is 0 Å². The van der Waals surface area contributed by atoms with Crippen LogP contribution in [-0.2, 0) is 6.42 Å². The number of benzene rings is 1. The van der Waals surface area contributed by atoms with Crippen molar-refractivity contribution < 1.29 is 5.11 Å². The molecule has 0 fully saturated rings. The van der Waals surface area contributed by atoms with E-state index in [0.29, 0.717) is 5.75 Å². The fraction of sp³-hybridized carbons (Fsp3) is 0.333. The lowest BCUT2D eigenvalue weighted by molar-refractivity contribution is 0.474. The zero-order valence-corrected chi connectivity index (χ0v) is 6.35.